The number of carbonyl (C=O) groups excluding carboxylic acids is 1. The summed E-state index contributed by atoms with van der Waals surface area (Å²) in [5.74, 6) is -2.20. The number of esters is 1. The van der Waals surface area contributed by atoms with Gasteiger partial charge in [-0.05, 0) is 80.5 Å². The minimum absolute atomic E-state index is 0.0503. The molecule has 2 aliphatic heterocycles. The van der Waals surface area contributed by atoms with Crippen LogP contribution in [0.2, 0.25) is 0 Å². The van der Waals surface area contributed by atoms with Crippen LogP contribution in [0.5, 0.6) is 0 Å². The van der Waals surface area contributed by atoms with E-state index in [-0.39, 0.29) is 30.0 Å². The number of H-pyrrole nitrogens is 2. The number of aliphatic carboxylic acids is 2. The Bertz CT molecular complexity index is 1960. The standard InChI is InChI=1S/C35H40N4O4.C3H6O2/c1-8-11-12-43-32(40)14-24-29-13-18(4)25(36-29)15-26-19(5)22(9-2)30(37-26)16-27-20(6)23(10-3)31(38-27)17-28-21(7)33(35(41)42)34(24)39-28;1-2-3(4)5/h9,15-18,37-38H,2,8,10-14H2,1,3-7H3,(H,41,42);2H2,1H3,(H,4,5). The zero-order valence-electron chi connectivity index (χ0n) is 29.0. The first-order chi connectivity index (χ1) is 22.8. The van der Waals surface area contributed by atoms with Gasteiger partial charge in [-0.2, -0.15) is 0 Å². The molecule has 0 aromatic carbocycles. The molecule has 3 aromatic heterocycles. The van der Waals surface area contributed by atoms with Gasteiger partial charge in [-0.15, -0.1) is 0 Å². The molecular weight excluding hydrogens is 608 g/mol. The maximum absolute atomic E-state index is 13.1. The minimum atomic E-state index is -1.09. The number of aromatic nitrogens is 4. The molecule has 48 heavy (non-hydrogen) atoms. The van der Waals surface area contributed by atoms with Gasteiger partial charge in [0, 0.05) is 56.9 Å². The summed E-state index contributed by atoms with van der Waals surface area (Å²) in [4.78, 5) is 52.2. The monoisotopic (exact) mass is 654 g/mol. The van der Waals surface area contributed by atoms with Crippen molar-refractivity contribution in [2.45, 2.75) is 92.9 Å². The highest BCUT2D eigenvalue weighted by Crippen LogP contribution is 2.36. The average molecular weight is 655 g/mol. The van der Waals surface area contributed by atoms with Gasteiger partial charge in [0.15, 0.2) is 0 Å². The van der Waals surface area contributed by atoms with Gasteiger partial charge in [0.25, 0.3) is 0 Å². The maximum Gasteiger partial charge on any atom is 0.338 e. The number of hydrogen-bond acceptors (Lipinski definition) is 6. The van der Waals surface area contributed by atoms with Crippen molar-refractivity contribution in [2.24, 2.45) is 0 Å². The number of ether oxygens (including phenoxy) is 1. The van der Waals surface area contributed by atoms with E-state index in [1.807, 2.05) is 25.1 Å². The number of carbonyl (C=O) groups is 3. The molecule has 3 aromatic rings. The Balaban J connectivity index is 0.000000968. The van der Waals surface area contributed by atoms with E-state index in [0.29, 0.717) is 35.6 Å². The number of rotatable bonds is 9. The summed E-state index contributed by atoms with van der Waals surface area (Å²) in [7, 11) is 0. The first-order valence-corrected chi connectivity index (χ1v) is 16.5. The molecule has 1 atom stereocenters. The highest BCUT2D eigenvalue weighted by molar-refractivity contribution is 6.24. The summed E-state index contributed by atoms with van der Waals surface area (Å²) in [6.45, 7) is 18.1. The van der Waals surface area contributed by atoms with E-state index in [4.69, 9.17) is 19.8 Å². The number of aromatic amines is 2. The Labute approximate surface area is 281 Å². The van der Waals surface area contributed by atoms with Gasteiger partial charge < -0.3 is 24.9 Å². The quantitative estimate of drug-likeness (QED) is 0.134. The second-order valence-electron chi connectivity index (χ2n) is 12.3. The molecule has 10 nitrogen and oxygen atoms in total. The van der Waals surface area contributed by atoms with E-state index < -0.39 is 17.9 Å². The van der Waals surface area contributed by atoms with E-state index in [1.165, 1.54) is 0 Å². The molecule has 1 unspecified atom stereocenters. The summed E-state index contributed by atoms with van der Waals surface area (Å²) in [5.41, 5.74) is 11.5. The van der Waals surface area contributed by atoms with Gasteiger partial charge in [-0.1, -0.05) is 46.8 Å². The largest absolute Gasteiger partial charge is 0.481 e. The van der Waals surface area contributed by atoms with Crippen molar-refractivity contribution >= 4 is 57.2 Å². The third-order valence-electron chi connectivity index (χ3n) is 8.97. The molecule has 8 bridgehead atoms. The number of aryl methyl sites for hydroxylation is 3. The number of carboxylic acids is 2. The molecule has 0 saturated heterocycles. The third kappa shape index (κ3) is 7.43. The second-order valence-corrected chi connectivity index (χ2v) is 12.3. The first-order valence-electron chi connectivity index (χ1n) is 16.5. The number of nitrogens with one attached hydrogen (secondary N) is 2. The molecule has 0 fully saturated rings. The number of carboxylic acid groups (broad SMARTS) is 2. The predicted molar refractivity (Wildman–Crippen MR) is 190 cm³/mol. The lowest BCUT2D eigenvalue weighted by molar-refractivity contribution is -0.143. The van der Waals surface area contributed by atoms with Crippen LogP contribution in [0.25, 0.3) is 39.3 Å². The molecule has 0 aliphatic carbocycles. The lowest BCUT2D eigenvalue weighted by atomic mass is 9.97. The second kappa shape index (κ2) is 15.3. The van der Waals surface area contributed by atoms with Gasteiger partial charge in [-0.3, -0.25) is 14.6 Å². The van der Waals surface area contributed by atoms with Crippen molar-refractivity contribution in [1.29, 1.82) is 0 Å². The van der Waals surface area contributed by atoms with Crippen LogP contribution in [0.1, 0.15) is 110 Å². The van der Waals surface area contributed by atoms with Crippen molar-refractivity contribution in [3.05, 3.63) is 75.4 Å². The van der Waals surface area contributed by atoms with Crippen molar-refractivity contribution in [3.63, 3.8) is 0 Å². The van der Waals surface area contributed by atoms with Crippen LogP contribution < -0.4 is 0 Å². The normalized spacial score (nSPS) is 13.9. The summed E-state index contributed by atoms with van der Waals surface area (Å²) in [6, 6.07) is 6.07. The molecule has 0 radical (unpaired) electrons. The van der Waals surface area contributed by atoms with E-state index in [0.717, 1.165) is 69.3 Å². The van der Waals surface area contributed by atoms with Gasteiger partial charge >= 0.3 is 17.9 Å². The minimum Gasteiger partial charge on any atom is -0.481 e. The van der Waals surface area contributed by atoms with E-state index in [2.05, 4.69) is 50.3 Å². The first kappa shape index (κ1) is 35.9. The van der Waals surface area contributed by atoms with Crippen LogP contribution in [-0.4, -0.2) is 54.7 Å². The fourth-order valence-corrected chi connectivity index (χ4v) is 6.11. The Hall–Kier alpha value is -4.99. The smallest absolute Gasteiger partial charge is 0.338 e. The zero-order valence-corrected chi connectivity index (χ0v) is 29.0. The van der Waals surface area contributed by atoms with Crippen LogP contribution in [0.15, 0.2) is 24.8 Å². The number of nitrogens with zero attached hydrogens (tertiary/aromatic N) is 2. The van der Waals surface area contributed by atoms with Crippen LogP contribution in [0, 0.1) is 13.8 Å². The molecule has 5 heterocycles. The van der Waals surface area contributed by atoms with Crippen LogP contribution in [0.3, 0.4) is 0 Å². The third-order valence-corrected chi connectivity index (χ3v) is 8.97. The Morgan fingerprint density at radius 1 is 0.958 bits per heavy atom. The SMILES string of the molecule is C=Cc1c(C)c2cc3nc(c(CC(=O)OCCCC)c4nc(cc5[nH]c(cc1[nH]2)c(C)c5CC)C(C)=C4C(=O)O)CC3C.CCC(=O)O. The zero-order chi connectivity index (χ0) is 35.3. The molecule has 0 spiro atoms. The van der Waals surface area contributed by atoms with Crippen molar-refractivity contribution < 1.29 is 29.3 Å². The van der Waals surface area contributed by atoms with Crippen LogP contribution in [0.4, 0.5) is 0 Å². The number of allylic oxidation sites excluding steroid dienone is 1. The fraction of sp³-hybridized carbons (Fsp3) is 0.395. The number of hydrogen-bond donors (Lipinski definition) is 4. The molecule has 0 amide bonds. The molecule has 0 saturated carbocycles. The summed E-state index contributed by atoms with van der Waals surface area (Å²) >= 11 is 0. The van der Waals surface area contributed by atoms with Crippen LogP contribution >= 0.6 is 0 Å². The number of fused-ring (bicyclic) bond motifs is 8. The van der Waals surface area contributed by atoms with Gasteiger partial charge in [0.05, 0.1) is 30.0 Å². The van der Waals surface area contributed by atoms with Gasteiger partial charge in [0.1, 0.15) is 0 Å². The molecule has 254 valence electrons. The lowest BCUT2D eigenvalue weighted by Gasteiger charge is -2.09. The van der Waals surface area contributed by atoms with Crippen molar-refractivity contribution in [1.82, 2.24) is 19.9 Å². The van der Waals surface area contributed by atoms with Gasteiger partial charge in [0.2, 0.25) is 0 Å². The maximum atomic E-state index is 13.1. The molecule has 5 rings (SSSR count). The highest BCUT2D eigenvalue weighted by Gasteiger charge is 2.30. The van der Waals surface area contributed by atoms with Crippen LogP contribution in [-0.2, 0) is 38.4 Å². The Morgan fingerprint density at radius 2 is 1.62 bits per heavy atom. The summed E-state index contributed by atoms with van der Waals surface area (Å²) < 4.78 is 5.52. The van der Waals surface area contributed by atoms with Crippen molar-refractivity contribution in [2.75, 3.05) is 6.61 Å². The predicted octanol–water partition coefficient (Wildman–Crippen LogP) is 7.87. The Morgan fingerprint density at radius 3 is 2.23 bits per heavy atom. The number of unbranched alkanes of at least 4 members (excludes halogenated alkanes) is 1. The van der Waals surface area contributed by atoms with E-state index in [1.54, 1.807) is 13.8 Å². The summed E-state index contributed by atoms with van der Waals surface area (Å²) in [5, 5.41) is 18.1. The molecular formula is C38H46N4O6. The highest BCUT2D eigenvalue weighted by atomic mass is 16.5. The van der Waals surface area contributed by atoms with Crippen molar-refractivity contribution in [3.8, 4) is 0 Å². The Kier molecular flexibility index (Phi) is 11.4. The van der Waals surface area contributed by atoms with E-state index >= 15 is 0 Å². The lowest BCUT2D eigenvalue weighted by Crippen LogP contribution is -2.13. The average Bonchev–Trinajstić information content (AvgIpc) is 3.74. The van der Waals surface area contributed by atoms with E-state index in [9.17, 15) is 19.5 Å². The molecule has 10 heteroatoms. The fourth-order valence-electron chi connectivity index (χ4n) is 6.11. The topological polar surface area (TPSA) is 158 Å². The van der Waals surface area contributed by atoms with Gasteiger partial charge in [-0.25, -0.2) is 9.78 Å². The molecule has 4 N–H and O–H groups in total. The summed E-state index contributed by atoms with van der Waals surface area (Å²) in [6.07, 6.45) is 4.99. The molecule has 2 aliphatic rings.